The Labute approximate surface area is 125 Å². The molecule has 2 N–H and O–H groups in total. The highest BCUT2D eigenvalue weighted by Crippen LogP contribution is 2.07. The molecular weight excluding hydrogens is 272 g/mol. The van der Waals surface area contributed by atoms with Crippen LogP contribution in [-0.2, 0) is 4.79 Å². The number of hydrogen-bond donors (Lipinski definition) is 2. The molecule has 0 aliphatic rings. The van der Waals surface area contributed by atoms with E-state index in [1.807, 2.05) is 11.4 Å². The summed E-state index contributed by atoms with van der Waals surface area (Å²) in [5.41, 5.74) is 0. The summed E-state index contributed by atoms with van der Waals surface area (Å²) in [6.07, 6.45) is 3.30. The molecule has 20 heavy (non-hydrogen) atoms. The maximum atomic E-state index is 11.6. The van der Waals surface area contributed by atoms with Gasteiger partial charge in [0.15, 0.2) is 0 Å². The van der Waals surface area contributed by atoms with E-state index in [9.17, 15) is 9.59 Å². The number of thiophene rings is 1. The summed E-state index contributed by atoms with van der Waals surface area (Å²) in [5.74, 6) is 0.691. The molecule has 0 radical (unpaired) electrons. The lowest BCUT2D eigenvalue weighted by molar-refractivity contribution is -0.121. The summed E-state index contributed by atoms with van der Waals surface area (Å²) < 4.78 is 0. The fraction of sp³-hybridized carbons (Fsp3) is 0.600. The van der Waals surface area contributed by atoms with E-state index < -0.39 is 0 Å². The molecule has 0 aliphatic carbocycles. The standard InChI is InChI=1S/C15H24N2O2S/c1-12(2)6-3-9-16-14(18)8-4-10-17-15(19)13-7-5-11-20-13/h5,7,11-12H,3-4,6,8-10H2,1-2H3,(H,16,18)(H,17,19). The van der Waals surface area contributed by atoms with Crippen LogP contribution in [-0.4, -0.2) is 24.9 Å². The summed E-state index contributed by atoms with van der Waals surface area (Å²) in [6.45, 7) is 5.64. The zero-order valence-corrected chi connectivity index (χ0v) is 13.1. The van der Waals surface area contributed by atoms with Crippen LogP contribution >= 0.6 is 11.3 Å². The predicted molar refractivity (Wildman–Crippen MR) is 83.0 cm³/mol. The van der Waals surface area contributed by atoms with Crippen LogP contribution in [0, 0.1) is 5.92 Å². The molecule has 0 aliphatic heterocycles. The molecular formula is C15H24N2O2S. The van der Waals surface area contributed by atoms with Crippen LogP contribution in [0.1, 0.15) is 49.2 Å². The first kappa shape index (κ1) is 16.7. The highest BCUT2D eigenvalue weighted by atomic mass is 32.1. The third kappa shape index (κ3) is 7.28. The lowest BCUT2D eigenvalue weighted by Gasteiger charge is -2.07. The quantitative estimate of drug-likeness (QED) is 0.688. The first-order valence-corrected chi connectivity index (χ1v) is 8.06. The third-order valence-corrected chi connectivity index (χ3v) is 3.76. The van der Waals surface area contributed by atoms with Crippen molar-refractivity contribution in [2.75, 3.05) is 13.1 Å². The Morgan fingerprint density at radius 3 is 2.60 bits per heavy atom. The average molecular weight is 296 g/mol. The van der Waals surface area contributed by atoms with Crippen LogP contribution in [0.15, 0.2) is 17.5 Å². The van der Waals surface area contributed by atoms with Crippen molar-refractivity contribution in [3.05, 3.63) is 22.4 Å². The zero-order chi connectivity index (χ0) is 14.8. The van der Waals surface area contributed by atoms with Crippen molar-refractivity contribution in [3.8, 4) is 0 Å². The second-order valence-corrected chi connectivity index (χ2v) is 6.17. The van der Waals surface area contributed by atoms with Gasteiger partial charge in [-0.3, -0.25) is 9.59 Å². The molecule has 0 fully saturated rings. The van der Waals surface area contributed by atoms with Gasteiger partial charge in [0.25, 0.3) is 5.91 Å². The van der Waals surface area contributed by atoms with E-state index in [0.29, 0.717) is 30.2 Å². The van der Waals surface area contributed by atoms with E-state index in [1.54, 1.807) is 6.07 Å². The number of rotatable bonds is 9. The molecule has 112 valence electrons. The van der Waals surface area contributed by atoms with Gasteiger partial charge in [0.05, 0.1) is 4.88 Å². The molecule has 1 heterocycles. The van der Waals surface area contributed by atoms with Crippen molar-refractivity contribution in [3.63, 3.8) is 0 Å². The van der Waals surface area contributed by atoms with Gasteiger partial charge >= 0.3 is 0 Å². The van der Waals surface area contributed by atoms with Gasteiger partial charge in [-0.2, -0.15) is 0 Å². The van der Waals surface area contributed by atoms with E-state index in [0.717, 1.165) is 19.4 Å². The Morgan fingerprint density at radius 2 is 1.95 bits per heavy atom. The predicted octanol–water partition coefficient (Wildman–Crippen LogP) is 2.81. The minimum absolute atomic E-state index is 0.0580. The topological polar surface area (TPSA) is 58.2 Å². The fourth-order valence-corrected chi connectivity index (χ4v) is 2.41. The number of amides is 2. The van der Waals surface area contributed by atoms with E-state index in [-0.39, 0.29) is 11.8 Å². The van der Waals surface area contributed by atoms with Gasteiger partial charge in [0.1, 0.15) is 0 Å². The van der Waals surface area contributed by atoms with Crippen LogP contribution in [0.3, 0.4) is 0 Å². The Hall–Kier alpha value is -1.36. The minimum Gasteiger partial charge on any atom is -0.356 e. The molecule has 0 unspecified atom stereocenters. The van der Waals surface area contributed by atoms with Gasteiger partial charge in [-0.15, -0.1) is 11.3 Å². The summed E-state index contributed by atoms with van der Waals surface area (Å²) in [4.78, 5) is 23.9. The Kier molecular flexibility index (Phi) is 7.95. The molecule has 0 saturated carbocycles. The van der Waals surface area contributed by atoms with E-state index in [4.69, 9.17) is 0 Å². The number of hydrogen-bond acceptors (Lipinski definition) is 3. The van der Waals surface area contributed by atoms with Gasteiger partial charge in [-0.05, 0) is 36.6 Å². The number of carbonyl (C=O) groups is 2. The maximum absolute atomic E-state index is 11.6. The second-order valence-electron chi connectivity index (χ2n) is 5.22. The van der Waals surface area contributed by atoms with Gasteiger partial charge in [0.2, 0.25) is 5.91 Å². The average Bonchev–Trinajstić information content (AvgIpc) is 2.93. The van der Waals surface area contributed by atoms with Gasteiger partial charge in [-0.25, -0.2) is 0 Å². The molecule has 0 bridgehead atoms. The van der Waals surface area contributed by atoms with Gasteiger partial charge in [-0.1, -0.05) is 19.9 Å². The summed E-state index contributed by atoms with van der Waals surface area (Å²) in [7, 11) is 0. The highest BCUT2D eigenvalue weighted by Gasteiger charge is 2.06. The van der Waals surface area contributed by atoms with Crippen molar-refractivity contribution >= 4 is 23.2 Å². The van der Waals surface area contributed by atoms with Crippen LogP contribution in [0.5, 0.6) is 0 Å². The molecule has 1 aromatic heterocycles. The Balaban J connectivity index is 2.00. The molecule has 2 amide bonds. The molecule has 0 spiro atoms. The molecule has 0 aromatic carbocycles. The van der Waals surface area contributed by atoms with Crippen molar-refractivity contribution in [1.29, 1.82) is 0 Å². The highest BCUT2D eigenvalue weighted by molar-refractivity contribution is 7.12. The fourth-order valence-electron chi connectivity index (χ4n) is 1.77. The number of carbonyl (C=O) groups excluding carboxylic acids is 2. The summed E-state index contributed by atoms with van der Waals surface area (Å²) >= 11 is 1.42. The lowest BCUT2D eigenvalue weighted by Crippen LogP contribution is -2.27. The van der Waals surface area contributed by atoms with E-state index in [1.165, 1.54) is 11.3 Å². The van der Waals surface area contributed by atoms with Gasteiger partial charge in [0, 0.05) is 19.5 Å². The molecule has 4 nitrogen and oxygen atoms in total. The monoisotopic (exact) mass is 296 g/mol. The Morgan fingerprint density at radius 1 is 1.20 bits per heavy atom. The Bertz CT molecular complexity index is 402. The molecule has 1 aromatic rings. The van der Waals surface area contributed by atoms with Gasteiger partial charge < -0.3 is 10.6 Å². The summed E-state index contributed by atoms with van der Waals surface area (Å²) in [6, 6.07) is 3.64. The summed E-state index contributed by atoms with van der Waals surface area (Å²) in [5, 5.41) is 7.59. The molecule has 1 rings (SSSR count). The second kappa shape index (κ2) is 9.53. The largest absolute Gasteiger partial charge is 0.356 e. The van der Waals surface area contributed by atoms with Crippen LogP contribution in [0.2, 0.25) is 0 Å². The third-order valence-electron chi connectivity index (χ3n) is 2.89. The lowest BCUT2D eigenvalue weighted by atomic mass is 10.1. The molecule has 0 saturated heterocycles. The van der Waals surface area contributed by atoms with Crippen molar-refractivity contribution in [2.24, 2.45) is 5.92 Å². The molecule has 0 atom stereocenters. The molecule has 5 heteroatoms. The number of nitrogens with one attached hydrogen (secondary N) is 2. The van der Waals surface area contributed by atoms with Crippen LogP contribution in [0.4, 0.5) is 0 Å². The zero-order valence-electron chi connectivity index (χ0n) is 12.3. The van der Waals surface area contributed by atoms with Crippen molar-refractivity contribution in [2.45, 2.75) is 39.5 Å². The first-order valence-electron chi connectivity index (χ1n) is 7.18. The van der Waals surface area contributed by atoms with Crippen molar-refractivity contribution < 1.29 is 9.59 Å². The maximum Gasteiger partial charge on any atom is 0.261 e. The smallest absolute Gasteiger partial charge is 0.261 e. The normalized spacial score (nSPS) is 10.6. The first-order chi connectivity index (χ1) is 9.59. The van der Waals surface area contributed by atoms with E-state index >= 15 is 0 Å². The van der Waals surface area contributed by atoms with E-state index in [2.05, 4.69) is 24.5 Å². The SMILES string of the molecule is CC(C)CCCNC(=O)CCCNC(=O)c1cccs1. The van der Waals surface area contributed by atoms with Crippen LogP contribution in [0.25, 0.3) is 0 Å². The minimum atomic E-state index is -0.0580. The van der Waals surface area contributed by atoms with Crippen LogP contribution < -0.4 is 10.6 Å². The van der Waals surface area contributed by atoms with Crippen molar-refractivity contribution in [1.82, 2.24) is 10.6 Å².